The SMILES string of the molecule is COc1ccc(S(=O)(=O)C2=c3ccc4c(c3CCC2)C(C(=O)c2ccc([N+](=O)[O-])cc2)C=c2ccccc2=4)cc1OC. The first kappa shape index (κ1) is 27.4. The molecular formula is C33H27NO7S. The Hall–Kier alpha value is -4.76. The van der Waals surface area contributed by atoms with E-state index in [0.717, 1.165) is 26.8 Å². The third-order valence-corrected chi connectivity index (χ3v) is 9.98. The van der Waals surface area contributed by atoms with E-state index in [0.29, 0.717) is 46.4 Å². The highest BCUT2D eigenvalue weighted by Crippen LogP contribution is 2.36. The molecule has 4 aromatic rings. The fraction of sp³-hybridized carbons (Fsp3) is 0.182. The number of fused-ring (bicyclic) bond motifs is 4. The first-order valence-electron chi connectivity index (χ1n) is 13.5. The van der Waals surface area contributed by atoms with E-state index in [1.54, 1.807) is 6.07 Å². The Morgan fingerprint density at radius 1 is 0.857 bits per heavy atom. The number of hydrogen-bond donors (Lipinski definition) is 0. The molecule has 2 aliphatic rings. The third-order valence-electron chi connectivity index (χ3n) is 8.03. The molecule has 0 fully saturated rings. The van der Waals surface area contributed by atoms with Gasteiger partial charge in [0, 0.05) is 23.8 Å². The summed E-state index contributed by atoms with van der Waals surface area (Å²) in [5, 5.41) is 14.6. The van der Waals surface area contributed by atoms with Crippen LogP contribution in [-0.2, 0) is 16.3 Å². The van der Waals surface area contributed by atoms with Crippen LogP contribution in [0, 0.1) is 20.6 Å². The summed E-state index contributed by atoms with van der Waals surface area (Å²) >= 11 is 0. The molecule has 1 unspecified atom stereocenters. The standard InChI is InChI=1S/C33H27NO7S/c1-40-29-17-14-23(19-30(29)41-2)42(38,39)31-9-5-8-26-25(31)15-16-27-24-7-4-3-6-21(24)18-28(32(26)27)33(35)20-10-12-22(13-11-20)34(36)37/h3-4,6-7,10-19,28H,5,8-9H2,1-2H3. The van der Waals surface area contributed by atoms with Crippen LogP contribution in [0.5, 0.6) is 11.5 Å². The van der Waals surface area contributed by atoms with Crippen molar-refractivity contribution in [3.63, 3.8) is 0 Å². The Labute approximate surface area is 241 Å². The van der Waals surface area contributed by atoms with Crippen molar-refractivity contribution in [1.29, 1.82) is 0 Å². The van der Waals surface area contributed by atoms with Gasteiger partial charge in [0.1, 0.15) is 0 Å². The predicted molar refractivity (Wildman–Crippen MR) is 158 cm³/mol. The van der Waals surface area contributed by atoms with Gasteiger partial charge < -0.3 is 9.47 Å². The van der Waals surface area contributed by atoms with Gasteiger partial charge in [0.25, 0.3) is 5.69 Å². The summed E-state index contributed by atoms with van der Waals surface area (Å²) in [6, 6.07) is 21.7. The first-order valence-corrected chi connectivity index (χ1v) is 14.9. The van der Waals surface area contributed by atoms with Crippen LogP contribution in [0.4, 0.5) is 5.69 Å². The van der Waals surface area contributed by atoms with E-state index in [2.05, 4.69) is 0 Å². The average Bonchev–Trinajstić information content (AvgIpc) is 3.03. The number of ketones is 1. The van der Waals surface area contributed by atoms with Crippen molar-refractivity contribution in [3.8, 4) is 11.5 Å². The van der Waals surface area contributed by atoms with Crippen LogP contribution in [0.3, 0.4) is 0 Å². The van der Waals surface area contributed by atoms with Crippen molar-refractivity contribution in [2.24, 2.45) is 0 Å². The van der Waals surface area contributed by atoms with Gasteiger partial charge in [-0.15, -0.1) is 0 Å². The number of hydrogen-bond acceptors (Lipinski definition) is 7. The van der Waals surface area contributed by atoms with E-state index in [1.807, 2.05) is 42.5 Å². The van der Waals surface area contributed by atoms with Gasteiger partial charge in [-0.2, -0.15) is 0 Å². The summed E-state index contributed by atoms with van der Waals surface area (Å²) in [7, 11) is -0.951. The summed E-state index contributed by atoms with van der Waals surface area (Å²) in [6.07, 6.45) is 3.50. The van der Waals surface area contributed by atoms with Crippen LogP contribution in [0.25, 0.3) is 11.0 Å². The van der Waals surface area contributed by atoms with Crippen LogP contribution in [0.1, 0.15) is 40.2 Å². The highest BCUT2D eigenvalue weighted by molar-refractivity contribution is 8.00. The lowest BCUT2D eigenvalue weighted by Crippen LogP contribution is -2.29. The third kappa shape index (κ3) is 4.46. The van der Waals surface area contributed by atoms with Crippen LogP contribution >= 0.6 is 0 Å². The van der Waals surface area contributed by atoms with Gasteiger partial charge >= 0.3 is 0 Å². The number of rotatable bonds is 7. The largest absolute Gasteiger partial charge is 0.493 e. The van der Waals surface area contributed by atoms with E-state index >= 15 is 0 Å². The molecule has 0 saturated carbocycles. The number of carbonyl (C=O) groups is 1. The van der Waals surface area contributed by atoms with Crippen LogP contribution < -0.4 is 19.9 Å². The molecule has 4 aromatic carbocycles. The number of nitro benzene ring substituents is 1. The lowest BCUT2D eigenvalue weighted by Gasteiger charge is -2.25. The summed E-state index contributed by atoms with van der Waals surface area (Å²) in [6.45, 7) is 0. The molecule has 0 bridgehead atoms. The molecule has 0 aliphatic heterocycles. The lowest BCUT2D eigenvalue weighted by molar-refractivity contribution is -0.384. The molecule has 0 radical (unpaired) electrons. The molecule has 0 heterocycles. The fourth-order valence-electron chi connectivity index (χ4n) is 6.04. The number of non-ortho nitro benzene ring substituents is 1. The van der Waals surface area contributed by atoms with Gasteiger partial charge in [0.2, 0.25) is 9.84 Å². The lowest BCUT2D eigenvalue weighted by atomic mass is 9.79. The Bertz CT molecular complexity index is 2100. The molecule has 0 amide bonds. The van der Waals surface area contributed by atoms with E-state index < -0.39 is 20.7 Å². The number of benzene rings is 4. The second kappa shape index (κ2) is 10.6. The molecule has 0 N–H and O–H groups in total. The van der Waals surface area contributed by atoms with Crippen molar-refractivity contribution in [2.75, 3.05) is 14.2 Å². The topological polar surface area (TPSA) is 113 Å². The highest BCUT2D eigenvalue weighted by atomic mass is 32.2. The fourth-order valence-corrected chi connectivity index (χ4v) is 7.72. The molecule has 8 nitrogen and oxygen atoms in total. The van der Waals surface area contributed by atoms with E-state index in [4.69, 9.17) is 9.47 Å². The molecule has 6 rings (SSSR count). The number of nitrogens with zero attached hydrogens (tertiary/aromatic N) is 1. The summed E-state index contributed by atoms with van der Waals surface area (Å²) < 4.78 is 38.7. The number of Topliss-reactive ketones (excluding diaryl/α,β-unsaturated/α-hetero) is 1. The van der Waals surface area contributed by atoms with E-state index in [9.17, 15) is 23.3 Å². The summed E-state index contributed by atoms with van der Waals surface area (Å²) in [5.41, 5.74) is 1.88. The molecule has 42 heavy (non-hydrogen) atoms. The Kier molecular flexibility index (Phi) is 6.90. The predicted octanol–water partition coefficient (Wildman–Crippen LogP) is 4.58. The number of sulfone groups is 1. The van der Waals surface area contributed by atoms with Crippen LogP contribution in [-0.4, -0.2) is 33.3 Å². The van der Waals surface area contributed by atoms with Gasteiger partial charge in [0.05, 0.1) is 34.9 Å². The van der Waals surface area contributed by atoms with E-state index in [1.165, 1.54) is 50.6 Å². The number of carbonyl (C=O) groups excluding carboxylic acids is 1. The van der Waals surface area contributed by atoms with Gasteiger partial charge in [0.15, 0.2) is 17.3 Å². The minimum absolute atomic E-state index is 0.0955. The molecule has 0 aromatic heterocycles. The molecule has 9 heteroatoms. The smallest absolute Gasteiger partial charge is 0.269 e. The maximum atomic E-state index is 14.0. The van der Waals surface area contributed by atoms with Gasteiger partial charge in [-0.1, -0.05) is 42.5 Å². The Balaban J connectivity index is 1.60. The zero-order valence-corrected chi connectivity index (χ0v) is 23.8. The minimum Gasteiger partial charge on any atom is -0.493 e. The number of nitro groups is 1. The van der Waals surface area contributed by atoms with Gasteiger partial charge in [-0.3, -0.25) is 14.9 Å². The van der Waals surface area contributed by atoms with Crippen molar-refractivity contribution in [1.82, 2.24) is 0 Å². The second-order valence-electron chi connectivity index (χ2n) is 10.2. The molecule has 1 atom stereocenters. The molecule has 0 spiro atoms. The molecule has 2 aliphatic carbocycles. The Morgan fingerprint density at radius 3 is 2.29 bits per heavy atom. The van der Waals surface area contributed by atoms with E-state index in [-0.39, 0.29) is 16.4 Å². The van der Waals surface area contributed by atoms with Crippen LogP contribution in [0.15, 0.2) is 83.8 Å². The number of ether oxygens (including phenoxy) is 2. The Morgan fingerprint density at radius 2 is 1.57 bits per heavy atom. The van der Waals surface area contributed by atoms with Crippen molar-refractivity contribution < 1.29 is 27.6 Å². The second-order valence-corrected chi connectivity index (χ2v) is 12.2. The number of methoxy groups -OCH3 is 2. The van der Waals surface area contributed by atoms with Gasteiger partial charge in [-0.05, 0) is 75.5 Å². The van der Waals surface area contributed by atoms with Gasteiger partial charge in [-0.25, -0.2) is 8.42 Å². The minimum atomic E-state index is -3.90. The first-order chi connectivity index (χ1) is 20.2. The maximum absolute atomic E-state index is 14.0. The van der Waals surface area contributed by atoms with Crippen molar-refractivity contribution >= 4 is 32.3 Å². The average molecular weight is 582 g/mol. The van der Waals surface area contributed by atoms with Crippen LogP contribution in [0.2, 0.25) is 0 Å². The quantitative estimate of drug-likeness (QED) is 0.178. The highest BCUT2D eigenvalue weighted by Gasteiger charge is 2.31. The summed E-state index contributed by atoms with van der Waals surface area (Å²) in [5.74, 6) is -0.139. The molecule has 0 saturated heterocycles. The normalized spacial score (nSPS) is 15.5. The molecular weight excluding hydrogens is 554 g/mol. The summed E-state index contributed by atoms with van der Waals surface area (Å²) in [4.78, 5) is 25.1. The van der Waals surface area contributed by atoms with Crippen molar-refractivity contribution in [3.05, 3.63) is 127 Å². The zero-order chi connectivity index (χ0) is 29.6. The monoisotopic (exact) mass is 581 g/mol. The zero-order valence-electron chi connectivity index (χ0n) is 23.0. The molecule has 212 valence electrons. The van der Waals surface area contributed by atoms with Crippen molar-refractivity contribution in [2.45, 2.75) is 30.1 Å². The maximum Gasteiger partial charge on any atom is 0.269 e.